The summed E-state index contributed by atoms with van der Waals surface area (Å²) in [4.78, 5) is 12.4. The summed E-state index contributed by atoms with van der Waals surface area (Å²) in [6.45, 7) is 4.60. The summed E-state index contributed by atoms with van der Waals surface area (Å²) in [5.41, 5.74) is 2.06. The van der Waals surface area contributed by atoms with E-state index in [-0.39, 0.29) is 18.5 Å². The van der Waals surface area contributed by atoms with Crippen molar-refractivity contribution in [2.75, 3.05) is 11.9 Å². The topological polar surface area (TPSA) is 41.1 Å². The summed E-state index contributed by atoms with van der Waals surface area (Å²) in [6, 6.07) is 24.4. The zero-order valence-corrected chi connectivity index (χ0v) is 14.7. The lowest BCUT2D eigenvalue weighted by Crippen LogP contribution is -2.33. The van der Waals surface area contributed by atoms with Crippen LogP contribution in [0.2, 0.25) is 0 Å². The molecule has 0 saturated carbocycles. The van der Waals surface area contributed by atoms with Crippen LogP contribution in [-0.2, 0) is 4.79 Å². The van der Waals surface area contributed by atoms with E-state index in [0.29, 0.717) is 5.92 Å². The fourth-order valence-corrected chi connectivity index (χ4v) is 3.13. The monoisotopic (exact) mass is 332 g/mol. The van der Waals surface area contributed by atoms with E-state index in [1.54, 1.807) is 0 Å². The number of amides is 1. The number of hydrogen-bond acceptors (Lipinski definition) is 2. The molecule has 1 atom stereocenters. The number of hydrogen-bond donors (Lipinski definition) is 2. The molecule has 1 amide bonds. The Morgan fingerprint density at radius 3 is 2.32 bits per heavy atom. The van der Waals surface area contributed by atoms with E-state index in [9.17, 15) is 4.79 Å². The smallest absolute Gasteiger partial charge is 0.238 e. The molecule has 0 heterocycles. The Bertz CT molecular complexity index is 838. The third kappa shape index (κ3) is 4.25. The lowest BCUT2D eigenvalue weighted by molar-refractivity contribution is -0.115. The summed E-state index contributed by atoms with van der Waals surface area (Å²) in [7, 11) is 0. The van der Waals surface area contributed by atoms with Gasteiger partial charge in [0.1, 0.15) is 0 Å². The summed E-state index contributed by atoms with van der Waals surface area (Å²) >= 11 is 0. The van der Waals surface area contributed by atoms with Crippen LogP contribution in [0, 0.1) is 5.92 Å². The molecule has 3 heteroatoms. The Balaban J connectivity index is 1.67. The molecule has 0 aromatic heterocycles. The average Bonchev–Trinajstić information content (AvgIpc) is 2.63. The number of nitrogens with one attached hydrogen (secondary N) is 2. The van der Waals surface area contributed by atoms with Crippen molar-refractivity contribution in [3.63, 3.8) is 0 Å². The highest BCUT2D eigenvalue weighted by Gasteiger charge is 2.16. The van der Waals surface area contributed by atoms with Gasteiger partial charge in [-0.15, -0.1) is 0 Å². The van der Waals surface area contributed by atoms with Gasteiger partial charge in [-0.2, -0.15) is 0 Å². The molecular weight excluding hydrogens is 308 g/mol. The van der Waals surface area contributed by atoms with Gasteiger partial charge < -0.3 is 10.6 Å². The standard InChI is InChI=1S/C22H24N2O/c1-16(2)22(18-10-4-3-5-11-18)23-15-21(25)24-20-14-8-12-17-9-6-7-13-19(17)20/h3-14,16,22-23H,15H2,1-2H3,(H,24,25)/t22-/m0/s1. The number of benzene rings is 3. The van der Waals surface area contributed by atoms with E-state index in [1.807, 2.05) is 60.7 Å². The predicted octanol–water partition coefficient (Wildman–Crippen LogP) is 4.77. The highest BCUT2D eigenvalue weighted by molar-refractivity contribution is 6.02. The summed E-state index contributed by atoms with van der Waals surface area (Å²) < 4.78 is 0. The molecule has 0 saturated heterocycles. The van der Waals surface area contributed by atoms with Crippen molar-refractivity contribution in [1.29, 1.82) is 0 Å². The van der Waals surface area contributed by atoms with E-state index < -0.39 is 0 Å². The van der Waals surface area contributed by atoms with E-state index >= 15 is 0 Å². The van der Waals surface area contributed by atoms with Crippen molar-refractivity contribution in [3.8, 4) is 0 Å². The number of fused-ring (bicyclic) bond motifs is 1. The van der Waals surface area contributed by atoms with Crippen molar-refractivity contribution >= 4 is 22.4 Å². The van der Waals surface area contributed by atoms with Crippen molar-refractivity contribution in [2.24, 2.45) is 5.92 Å². The molecular formula is C22H24N2O. The van der Waals surface area contributed by atoms with Crippen LogP contribution in [0.3, 0.4) is 0 Å². The SMILES string of the molecule is CC(C)[C@H](NCC(=O)Nc1cccc2ccccc12)c1ccccc1. The van der Waals surface area contributed by atoms with E-state index in [4.69, 9.17) is 0 Å². The van der Waals surface area contributed by atoms with Crippen LogP contribution in [0.15, 0.2) is 72.8 Å². The van der Waals surface area contributed by atoms with Gasteiger partial charge in [-0.3, -0.25) is 4.79 Å². The third-order valence-corrected chi connectivity index (χ3v) is 4.37. The van der Waals surface area contributed by atoms with Gasteiger partial charge in [0.05, 0.1) is 6.54 Å². The highest BCUT2D eigenvalue weighted by atomic mass is 16.1. The molecule has 0 bridgehead atoms. The molecule has 0 aliphatic heterocycles. The molecule has 3 aromatic carbocycles. The van der Waals surface area contributed by atoms with Gasteiger partial charge >= 0.3 is 0 Å². The Labute approximate surface area is 149 Å². The van der Waals surface area contributed by atoms with E-state index in [0.717, 1.165) is 16.5 Å². The zero-order chi connectivity index (χ0) is 17.6. The minimum absolute atomic E-state index is 0.0297. The predicted molar refractivity (Wildman–Crippen MR) is 105 cm³/mol. The molecule has 3 rings (SSSR count). The van der Waals surface area contributed by atoms with Gasteiger partial charge in [0.2, 0.25) is 5.91 Å². The Morgan fingerprint density at radius 2 is 1.56 bits per heavy atom. The maximum Gasteiger partial charge on any atom is 0.238 e. The second-order valence-corrected chi connectivity index (χ2v) is 6.59. The Hall–Kier alpha value is -2.65. The zero-order valence-electron chi connectivity index (χ0n) is 14.7. The van der Waals surface area contributed by atoms with Crippen molar-refractivity contribution in [1.82, 2.24) is 5.32 Å². The molecule has 0 aliphatic rings. The second kappa shape index (κ2) is 7.95. The van der Waals surface area contributed by atoms with Crippen LogP contribution in [0.5, 0.6) is 0 Å². The number of carbonyl (C=O) groups excluding carboxylic acids is 1. The first kappa shape index (κ1) is 17.2. The summed E-state index contributed by atoms with van der Waals surface area (Å²) in [5, 5.41) is 8.60. The normalized spacial score (nSPS) is 12.3. The molecule has 0 unspecified atom stereocenters. The largest absolute Gasteiger partial charge is 0.324 e. The minimum atomic E-state index is -0.0297. The van der Waals surface area contributed by atoms with E-state index in [1.165, 1.54) is 5.56 Å². The fraction of sp³-hybridized carbons (Fsp3) is 0.227. The first-order valence-electron chi connectivity index (χ1n) is 8.71. The van der Waals surface area contributed by atoms with Crippen LogP contribution in [0.1, 0.15) is 25.5 Å². The Morgan fingerprint density at radius 1 is 0.880 bits per heavy atom. The van der Waals surface area contributed by atoms with Gasteiger partial charge in [0.15, 0.2) is 0 Å². The van der Waals surface area contributed by atoms with Crippen molar-refractivity contribution in [3.05, 3.63) is 78.4 Å². The average molecular weight is 332 g/mol. The second-order valence-electron chi connectivity index (χ2n) is 6.59. The van der Waals surface area contributed by atoms with Crippen LogP contribution in [0.4, 0.5) is 5.69 Å². The maximum absolute atomic E-state index is 12.4. The molecule has 0 spiro atoms. The lowest BCUT2D eigenvalue weighted by atomic mass is 9.96. The molecule has 0 radical (unpaired) electrons. The first-order valence-corrected chi connectivity index (χ1v) is 8.71. The van der Waals surface area contributed by atoms with Crippen LogP contribution >= 0.6 is 0 Å². The maximum atomic E-state index is 12.4. The molecule has 2 N–H and O–H groups in total. The van der Waals surface area contributed by atoms with Gasteiger partial charge in [0.25, 0.3) is 0 Å². The molecule has 3 nitrogen and oxygen atoms in total. The van der Waals surface area contributed by atoms with Gasteiger partial charge in [-0.25, -0.2) is 0 Å². The molecule has 0 aliphatic carbocycles. The molecule has 0 fully saturated rings. The quantitative estimate of drug-likeness (QED) is 0.683. The van der Waals surface area contributed by atoms with Crippen LogP contribution in [-0.4, -0.2) is 12.5 Å². The van der Waals surface area contributed by atoms with Crippen molar-refractivity contribution in [2.45, 2.75) is 19.9 Å². The van der Waals surface area contributed by atoms with Crippen LogP contribution < -0.4 is 10.6 Å². The van der Waals surface area contributed by atoms with Crippen molar-refractivity contribution < 1.29 is 4.79 Å². The summed E-state index contributed by atoms with van der Waals surface area (Å²) in [6.07, 6.45) is 0. The van der Waals surface area contributed by atoms with E-state index in [2.05, 4.69) is 36.6 Å². The molecule has 25 heavy (non-hydrogen) atoms. The fourth-order valence-electron chi connectivity index (χ4n) is 3.13. The molecule has 3 aromatic rings. The minimum Gasteiger partial charge on any atom is -0.324 e. The highest BCUT2D eigenvalue weighted by Crippen LogP contribution is 2.23. The number of carbonyl (C=O) groups is 1. The number of anilines is 1. The Kier molecular flexibility index (Phi) is 5.46. The number of rotatable bonds is 6. The first-order chi connectivity index (χ1) is 12.1. The molecule has 128 valence electrons. The van der Waals surface area contributed by atoms with Gasteiger partial charge in [-0.05, 0) is 22.9 Å². The summed E-state index contributed by atoms with van der Waals surface area (Å²) in [5.74, 6) is 0.366. The van der Waals surface area contributed by atoms with Crippen LogP contribution in [0.25, 0.3) is 10.8 Å². The van der Waals surface area contributed by atoms with Gasteiger partial charge in [0, 0.05) is 17.1 Å². The van der Waals surface area contributed by atoms with Gasteiger partial charge in [-0.1, -0.05) is 80.6 Å². The third-order valence-electron chi connectivity index (χ3n) is 4.37. The lowest BCUT2D eigenvalue weighted by Gasteiger charge is -2.23.